The molecule has 0 unspecified atom stereocenters. The first-order valence-corrected chi connectivity index (χ1v) is 9.18. The Balaban J connectivity index is 1.99. The predicted molar refractivity (Wildman–Crippen MR) is 104 cm³/mol. The van der Waals surface area contributed by atoms with Gasteiger partial charge in [-0.3, -0.25) is 14.5 Å². The first kappa shape index (κ1) is 19.3. The summed E-state index contributed by atoms with van der Waals surface area (Å²) in [6, 6.07) is 12.8. The third kappa shape index (κ3) is 4.26. The monoisotopic (exact) mass is 432 g/mol. The number of benzene rings is 2. The fourth-order valence-corrected chi connectivity index (χ4v) is 3.26. The van der Waals surface area contributed by atoms with E-state index in [1.165, 1.54) is 29.2 Å². The molecule has 140 valence electrons. The highest BCUT2D eigenvalue weighted by atomic mass is 79.9. The molecule has 0 fully saturated rings. The van der Waals surface area contributed by atoms with E-state index in [4.69, 9.17) is 4.74 Å². The number of carbonyl (C=O) groups excluding carboxylic acids is 2. The number of imide groups is 1. The second kappa shape index (κ2) is 8.45. The molecule has 7 heteroatoms. The van der Waals surface area contributed by atoms with Crippen LogP contribution >= 0.6 is 15.9 Å². The molecule has 0 saturated carbocycles. The Morgan fingerprint density at radius 1 is 1.11 bits per heavy atom. The van der Waals surface area contributed by atoms with Crippen LogP contribution in [0.1, 0.15) is 12.0 Å². The van der Waals surface area contributed by atoms with Crippen molar-refractivity contribution in [1.82, 2.24) is 4.90 Å². The molecule has 1 N–H and O–H groups in total. The SMILES string of the molecule is COCCCN1C(=O)C(Nc2cccc(Br)c2)=C(c2ccc(F)cc2)C1=O. The van der Waals surface area contributed by atoms with Gasteiger partial charge < -0.3 is 10.1 Å². The van der Waals surface area contributed by atoms with E-state index in [0.29, 0.717) is 24.3 Å². The van der Waals surface area contributed by atoms with E-state index in [1.54, 1.807) is 19.2 Å². The van der Waals surface area contributed by atoms with Crippen LogP contribution < -0.4 is 5.32 Å². The molecule has 3 rings (SSSR count). The van der Waals surface area contributed by atoms with E-state index in [1.807, 2.05) is 12.1 Å². The minimum Gasteiger partial charge on any atom is -0.385 e. The molecule has 5 nitrogen and oxygen atoms in total. The highest BCUT2D eigenvalue weighted by Gasteiger charge is 2.38. The molecule has 0 aliphatic carbocycles. The van der Waals surface area contributed by atoms with E-state index in [-0.39, 0.29) is 17.8 Å². The molecule has 1 aliphatic rings. The van der Waals surface area contributed by atoms with Crippen LogP contribution in [0.5, 0.6) is 0 Å². The molecular weight excluding hydrogens is 415 g/mol. The molecule has 0 atom stereocenters. The van der Waals surface area contributed by atoms with Crippen LogP contribution in [0.4, 0.5) is 10.1 Å². The van der Waals surface area contributed by atoms with Crippen molar-refractivity contribution in [2.24, 2.45) is 0 Å². The van der Waals surface area contributed by atoms with Gasteiger partial charge >= 0.3 is 0 Å². The number of ether oxygens (including phenoxy) is 1. The van der Waals surface area contributed by atoms with Crippen molar-refractivity contribution in [2.75, 3.05) is 25.6 Å². The van der Waals surface area contributed by atoms with Crippen LogP contribution in [0.2, 0.25) is 0 Å². The number of methoxy groups -OCH3 is 1. The number of hydrogen-bond donors (Lipinski definition) is 1. The number of halogens is 2. The maximum atomic E-state index is 13.3. The Kier molecular flexibility index (Phi) is 6.03. The van der Waals surface area contributed by atoms with E-state index in [9.17, 15) is 14.0 Å². The molecule has 1 heterocycles. The van der Waals surface area contributed by atoms with Gasteiger partial charge in [0.05, 0.1) is 5.57 Å². The van der Waals surface area contributed by atoms with Gasteiger partial charge in [0.1, 0.15) is 11.5 Å². The lowest BCUT2D eigenvalue weighted by Gasteiger charge is -2.15. The largest absolute Gasteiger partial charge is 0.385 e. The van der Waals surface area contributed by atoms with Gasteiger partial charge in [0.2, 0.25) is 0 Å². The van der Waals surface area contributed by atoms with Crippen molar-refractivity contribution in [3.63, 3.8) is 0 Å². The maximum absolute atomic E-state index is 13.3. The summed E-state index contributed by atoms with van der Waals surface area (Å²) in [5, 5.41) is 3.06. The number of carbonyl (C=O) groups is 2. The maximum Gasteiger partial charge on any atom is 0.278 e. The van der Waals surface area contributed by atoms with Crippen molar-refractivity contribution < 1.29 is 18.7 Å². The number of nitrogens with one attached hydrogen (secondary N) is 1. The minimum atomic E-state index is -0.408. The Morgan fingerprint density at radius 2 is 1.85 bits per heavy atom. The molecular formula is C20H18BrFN2O3. The summed E-state index contributed by atoms with van der Waals surface area (Å²) in [5.74, 6) is -1.22. The molecule has 0 bridgehead atoms. The Hall–Kier alpha value is -2.51. The zero-order valence-corrected chi connectivity index (χ0v) is 16.3. The van der Waals surface area contributed by atoms with E-state index < -0.39 is 17.6 Å². The van der Waals surface area contributed by atoms with E-state index >= 15 is 0 Å². The Bertz CT molecular complexity index is 896. The van der Waals surface area contributed by atoms with Crippen molar-refractivity contribution >= 4 is 39.0 Å². The summed E-state index contributed by atoms with van der Waals surface area (Å²) in [7, 11) is 1.57. The average molecular weight is 433 g/mol. The Labute approximate surface area is 164 Å². The topological polar surface area (TPSA) is 58.6 Å². The summed E-state index contributed by atoms with van der Waals surface area (Å²) in [6.45, 7) is 0.692. The second-order valence-corrected chi connectivity index (χ2v) is 6.92. The lowest BCUT2D eigenvalue weighted by molar-refractivity contribution is -0.136. The number of hydrogen-bond acceptors (Lipinski definition) is 4. The quantitative estimate of drug-likeness (QED) is 0.533. The van der Waals surface area contributed by atoms with Crippen LogP contribution in [0.15, 0.2) is 58.7 Å². The zero-order valence-electron chi connectivity index (χ0n) is 14.7. The van der Waals surface area contributed by atoms with Crippen LogP contribution in [0.25, 0.3) is 5.57 Å². The molecule has 2 aromatic carbocycles. The Morgan fingerprint density at radius 3 is 2.52 bits per heavy atom. The molecule has 0 aromatic heterocycles. The molecule has 2 amide bonds. The van der Waals surface area contributed by atoms with Gasteiger partial charge in [0.15, 0.2) is 0 Å². The smallest absolute Gasteiger partial charge is 0.278 e. The van der Waals surface area contributed by atoms with Gasteiger partial charge in [0.25, 0.3) is 11.8 Å². The van der Waals surface area contributed by atoms with Crippen molar-refractivity contribution in [3.8, 4) is 0 Å². The van der Waals surface area contributed by atoms with Crippen molar-refractivity contribution in [3.05, 3.63) is 70.1 Å². The first-order chi connectivity index (χ1) is 13.0. The number of rotatable bonds is 7. The van der Waals surface area contributed by atoms with Gasteiger partial charge in [-0.1, -0.05) is 34.1 Å². The van der Waals surface area contributed by atoms with Crippen LogP contribution in [0.3, 0.4) is 0 Å². The third-order valence-electron chi connectivity index (χ3n) is 4.13. The lowest BCUT2D eigenvalue weighted by Crippen LogP contribution is -2.33. The fourth-order valence-electron chi connectivity index (χ4n) is 2.86. The molecule has 0 saturated heterocycles. The van der Waals surface area contributed by atoms with Crippen LogP contribution in [-0.2, 0) is 14.3 Å². The van der Waals surface area contributed by atoms with Gasteiger partial charge in [-0.25, -0.2) is 4.39 Å². The molecule has 0 spiro atoms. The van der Waals surface area contributed by atoms with Crippen molar-refractivity contribution in [2.45, 2.75) is 6.42 Å². The van der Waals surface area contributed by atoms with Gasteiger partial charge in [-0.15, -0.1) is 0 Å². The van der Waals surface area contributed by atoms with Gasteiger partial charge in [-0.2, -0.15) is 0 Å². The highest BCUT2D eigenvalue weighted by molar-refractivity contribution is 9.10. The van der Waals surface area contributed by atoms with E-state index in [2.05, 4.69) is 21.2 Å². The second-order valence-electron chi connectivity index (χ2n) is 6.00. The number of nitrogens with zero attached hydrogens (tertiary/aromatic N) is 1. The third-order valence-corrected chi connectivity index (χ3v) is 4.62. The van der Waals surface area contributed by atoms with Gasteiger partial charge in [-0.05, 0) is 42.3 Å². The first-order valence-electron chi connectivity index (χ1n) is 8.39. The molecule has 1 aliphatic heterocycles. The van der Waals surface area contributed by atoms with Crippen LogP contribution in [-0.4, -0.2) is 37.0 Å². The summed E-state index contributed by atoms with van der Waals surface area (Å²) < 4.78 is 19.2. The predicted octanol–water partition coefficient (Wildman–Crippen LogP) is 3.82. The average Bonchev–Trinajstić information content (AvgIpc) is 2.87. The highest BCUT2D eigenvalue weighted by Crippen LogP contribution is 2.31. The fraction of sp³-hybridized carbons (Fsp3) is 0.200. The summed E-state index contributed by atoms with van der Waals surface area (Å²) in [6.07, 6.45) is 0.537. The number of anilines is 1. The standard InChI is InChI=1S/C20H18BrFN2O3/c1-27-11-3-10-24-19(25)17(13-6-8-15(22)9-7-13)18(20(24)26)23-16-5-2-4-14(21)12-16/h2,4-9,12,23H,3,10-11H2,1H3. The normalized spacial score (nSPS) is 14.3. The lowest BCUT2D eigenvalue weighted by atomic mass is 10.0. The minimum absolute atomic E-state index is 0.183. The van der Waals surface area contributed by atoms with Crippen LogP contribution in [0, 0.1) is 5.82 Å². The summed E-state index contributed by atoms with van der Waals surface area (Å²) >= 11 is 3.39. The molecule has 27 heavy (non-hydrogen) atoms. The van der Waals surface area contributed by atoms with Crippen molar-refractivity contribution in [1.29, 1.82) is 0 Å². The van der Waals surface area contributed by atoms with Gasteiger partial charge in [0, 0.05) is 30.4 Å². The summed E-state index contributed by atoms with van der Waals surface area (Å²) in [4.78, 5) is 27.0. The summed E-state index contributed by atoms with van der Waals surface area (Å²) in [5.41, 5.74) is 1.57. The zero-order chi connectivity index (χ0) is 19.4. The molecule has 0 radical (unpaired) electrons. The molecule has 2 aromatic rings. The van der Waals surface area contributed by atoms with E-state index in [0.717, 1.165) is 4.47 Å². The number of amides is 2.